The molecule has 2 rings (SSSR count). The number of hydrogen-bond acceptors (Lipinski definition) is 7. The summed E-state index contributed by atoms with van der Waals surface area (Å²) in [4.78, 5) is 23.3. The van der Waals surface area contributed by atoms with Crippen molar-refractivity contribution in [3.05, 3.63) is 12.7 Å². The van der Waals surface area contributed by atoms with E-state index in [0.29, 0.717) is 11.2 Å². The molecule has 3 N–H and O–H groups in total. The number of carbonyl (C=O) groups excluding carboxylic acids is 1. The zero-order valence-electron chi connectivity index (χ0n) is 9.99. The van der Waals surface area contributed by atoms with Crippen molar-refractivity contribution in [2.75, 3.05) is 12.8 Å². The van der Waals surface area contributed by atoms with Crippen LogP contribution in [0.5, 0.6) is 0 Å². The van der Waals surface area contributed by atoms with E-state index in [0.717, 1.165) is 0 Å². The van der Waals surface area contributed by atoms with Gasteiger partial charge in [-0.05, 0) is 6.92 Å². The van der Waals surface area contributed by atoms with E-state index in [2.05, 4.69) is 19.7 Å². The number of methoxy groups -OCH3 is 1. The first kappa shape index (κ1) is 12.2. The van der Waals surface area contributed by atoms with E-state index in [4.69, 9.17) is 5.73 Å². The van der Waals surface area contributed by atoms with Crippen molar-refractivity contribution in [2.24, 2.45) is 0 Å². The molecule has 2 aromatic heterocycles. The summed E-state index contributed by atoms with van der Waals surface area (Å²) < 4.78 is 6.04. The molecule has 96 valence electrons. The number of imidazole rings is 1. The summed E-state index contributed by atoms with van der Waals surface area (Å²) in [6.07, 6.45) is 2.73. The van der Waals surface area contributed by atoms with Crippen LogP contribution in [0.4, 0.5) is 5.82 Å². The van der Waals surface area contributed by atoms with Gasteiger partial charge in [-0.2, -0.15) is 0 Å². The summed E-state index contributed by atoms with van der Waals surface area (Å²) >= 11 is 0. The summed E-state index contributed by atoms with van der Waals surface area (Å²) in [5.41, 5.74) is 4.85. The first-order valence-electron chi connectivity index (χ1n) is 5.18. The number of aliphatic hydroxyl groups is 1. The van der Waals surface area contributed by atoms with Crippen molar-refractivity contribution in [3.8, 4) is 0 Å². The lowest BCUT2D eigenvalue weighted by molar-refractivity contribution is -0.161. The van der Waals surface area contributed by atoms with Gasteiger partial charge in [-0.3, -0.25) is 0 Å². The highest BCUT2D eigenvalue weighted by molar-refractivity contribution is 5.82. The van der Waals surface area contributed by atoms with E-state index < -0.39 is 11.6 Å². The van der Waals surface area contributed by atoms with Crippen molar-refractivity contribution in [3.63, 3.8) is 0 Å². The monoisotopic (exact) mass is 251 g/mol. The molecule has 0 bridgehead atoms. The fourth-order valence-corrected chi connectivity index (χ4v) is 1.63. The Labute approximate surface area is 102 Å². The number of esters is 1. The predicted molar refractivity (Wildman–Crippen MR) is 62.4 cm³/mol. The van der Waals surface area contributed by atoms with Gasteiger partial charge in [0.25, 0.3) is 0 Å². The van der Waals surface area contributed by atoms with Gasteiger partial charge in [-0.1, -0.05) is 0 Å². The number of nitrogens with zero attached hydrogens (tertiary/aromatic N) is 4. The molecule has 8 heteroatoms. The van der Waals surface area contributed by atoms with Gasteiger partial charge in [0.15, 0.2) is 17.1 Å². The molecule has 8 nitrogen and oxygen atoms in total. The Balaban J connectivity index is 2.39. The highest BCUT2D eigenvalue weighted by atomic mass is 16.5. The van der Waals surface area contributed by atoms with E-state index in [9.17, 15) is 9.90 Å². The van der Waals surface area contributed by atoms with E-state index >= 15 is 0 Å². The number of aromatic nitrogens is 4. The predicted octanol–water partition coefficient (Wildman–Crippen LogP) is -0.668. The van der Waals surface area contributed by atoms with Gasteiger partial charge in [-0.15, -0.1) is 0 Å². The van der Waals surface area contributed by atoms with Crippen LogP contribution in [0.1, 0.15) is 6.92 Å². The second-order valence-electron chi connectivity index (χ2n) is 4.07. The molecule has 0 saturated heterocycles. The maximum absolute atomic E-state index is 11.4. The first-order valence-corrected chi connectivity index (χ1v) is 5.18. The minimum absolute atomic E-state index is 0.0351. The molecule has 0 spiro atoms. The SMILES string of the molecule is COC(=O)C(C)(O)Cn1cnc2c(N)ncnc21. The topological polar surface area (TPSA) is 116 Å². The molecule has 0 fully saturated rings. The van der Waals surface area contributed by atoms with Crippen LogP contribution in [-0.4, -0.2) is 43.3 Å². The van der Waals surface area contributed by atoms with Crippen molar-refractivity contribution >= 4 is 23.0 Å². The molecule has 1 atom stereocenters. The van der Waals surface area contributed by atoms with Crippen LogP contribution in [0.15, 0.2) is 12.7 Å². The number of hydrogen-bond donors (Lipinski definition) is 2. The Bertz CT molecular complexity index is 592. The van der Waals surface area contributed by atoms with E-state index in [1.54, 1.807) is 0 Å². The number of anilines is 1. The average molecular weight is 251 g/mol. The summed E-state index contributed by atoms with van der Waals surface area (Å²) in [7, 11) is 1.21. The quantitative estimate of drug-likeness (QED) is 0.695. The molecule has 18 heavy (non-hydrogen) atoms. The van der Waals surface area contributed by atoms with Gasteiger partial charge in [0, 0.05) is 0 Å². The average Bonchev–Trinajstić information content (AvgIpc) is 2.72. The number of nitrogens with two attached hydrogens (primary N) is 1. The standard InChI is InChI=1S/C10H13N5O3/c1-10(17,9(16)18-2)3-15-5-14-6-7(11)12-4-13-8(6)15/h4-5,17H,3H2,1-2H3,(H2,11,12,13). The molecule has 0 radical (unpaired) electrons. The molecule has 0 aliphatic rings. The summed E-state index contributed by atoms with van der Waals surface area (Å²) in [5, 5.41) is 9.99. The van der Waals surface area contributed by atoms with Gasteiger partial charge in [0.05, 0.1) is 20.0 Å². The maximum Gasteiger partial charge on any atom is 0.339 e. The van der Waals surface area contributed by atoms with Gasteiger partial charge in [-0.25, -0.2) is 19.7 Å². The highest BCUT2D eigenvalue weighted by Crippen LogP contribution is 2.17. The number of ether oxygens (including phenoxy) is 1. The fourth-order valence-electron chi connectivity index (χ4n) is 1.63. The lowest BCUT2D eigenvalue weighted by atomic mass is 10.1. The molecule has 2 aromatic rings. The third kappa shape index (κ3) is 1.97. The van der Waals surface area contributed by atoms with Gasteiger partial charge in [0.1, 0.15) is 11.8 Å². The first-order chi connectivity index (χ1) is 8.45. The van der Waals surface area contributed by atoms with Gasteiger partial charge in [0.2, 0.25) is 0 Å². The Morgan fingerprint density at radius 3 is 2.94 bits per heavy atom. The maximum atomic E-state index is 11.4. The molecule has 0 aromatic carbocycles. The smallest absolute Gasteiger partial charge is 0.339 e. The van der Waals surface area contributed by atoms with Crippen LogP contribution < -0.4 is 5.73 Å². The number of fused-ring (bicyclic) bond motifs is 1. The molecule has 0 aliphatic heterocycles. The molecule has 0 aliphatic carbocycles. The Hall–Kier alpha value is -2.22. The van der Waals surface area contributed by atoms with Crippen LogP contribution in [0, 0.1) is 0 Å². The van der Waals surface area contributed by atoms with Crippen LogP contribution >= 0.6 is 0 Å². The van der Waals surface area contributed by atoms with Crippen LogP contribution in [0.3, 0.4) is 0 Å². The van der Waals surface area contributed by atoms with Crippen LogP contribution in [0.2, 0.25) is 0 Å². The van der Waals surface area contributed by atoms with Gasteiger partial charge >= 0.3 is 5.97 Å². The van der Waals surface area contributed by atoms with E-state index in [-0.39, 0.29) is 12.4 Å². The summed E-state index contributed by atoms with van der Waals surface area (Å²) in [6.45, 7) is 1.32. The van der Waals surface area contributed by atoms with E-state index in [1.165, 1.54) is 31.3 Å². The molecule has 2 heterocycles. The number of rotatable bonds is 3. The van der Waals surface area contributed by atoms with Crippen LogP contribution in [-0.2, 0) is 16.1 Å². The van der Waals surface area contributed by atoms with Crippen molar-refractivity contribution in [1.82, 2.24) is 19.5 Å². The minimum Gasteiger partial charge on any atom is -0.467 e. The third-order valence-electron chi connectivity index (χ3n) is 2.53. The normalized spacial score (nSPS) is 14.4. The summed E-state index contributed by atoms with van der Waals surface area (Å²) in [6, 6.07) is 0. The highest BCUT2D eigenvalue weighted by Gasteiger charge is 2.32. The Morgan fingerprint density at radius 1 is 1.56 bits per heavy atom. The molecule has 0 amide bonds. The van der Waals surface area contributed by atoms with Crippen LogP contribution in [0.25, 0.3) is 11.2 Å². The molecular formula is C10H13N5O3. The zero-order valence-corrected chi connectivity index (χ0v) is 9.99. The number of nitrogen functional groups attached to an aromatic ring is 1. The van der Waals surface area contributed by atoms with Gasteiger partial charge < -0.3 is 20.1 Å². The largest absolute Gasteiger partial charge is 0.467 e. The molecular weight excluding hydrogens is 238 g/mol. The minimum atomic E-state index is -1.66. The second kappa shape index (κ2) is 4.22. The molecule has 0 saturated carbocycles. The van der Waals surface area contributed by atoms with E-state index in [1.807, 2.05) is 0 Å². The number of carbonyl (C=O) groups is 1. The lowest BCUT2D eigenvalue weighted by Crippen LogP contribution is -2.40. The fraction of sp³-hybridized carbons (Fsp3) is 0.400. The van der Waals surface area contributed by atoms with Crippen molar-refractivity contribution < 1.29 is 14.6 Å². The lowest BCUT2D eigenvalue weighted by Gasteiger charge is -2.20. The summed E-state index contributed by atoms with van der Waals surface area (Å²) in [5.74, 6) is -0.483. The van der Waals surface area contributed by atoms with Crippen molar-refractivity contribution in [2.45, 2.75) is 19.1 Å². The third-order valence-corrected chi connectivity index (χ3v) is 2.53. The molecule has 1 unspecified atom stereocenters. The second-order valence-corrected chi connectivity index (χ2v) is 4.07. The van der Waals surface area contributed by atoms with Crippen molar-refractivity contribution in [1.29, 1.82) is 0 Å². The Kier molecular flexibility index (Phi) is 2.87. The zero-order chi connectivity index (χ0) is 13.3. The Morgan fingerprint density at radius 2 is 2.28 bits per heavy atom.